The highest BCUT2D eigenvalue weighted by molar-refractivity contribution is 7.81. The molecule has 5 atom stereocenters. The maximum atomic E-state index is 11.4. The minimum absolute atomic E-state index is 0.163. The summed E-state index contributed by atoms with van der Waals surface area (Å²) in [6.07, 6.45) is 3.87. The first-order valence-corrected chi connectivity index (χ1v) is 7.45. The van der Waals surface area contributed by atoms with Gasteiger partial charge in [-0.3, -0.25) is 4.18 Å². The normalized spacial score (nSPS) is 48.6. The molecule has 3 unspecified atom stereocenters. The van der Waals surface area contributed by atoms with Crippen molar-refractivity contribution in [1.29, 1.82) is 0 Å². The molecule has 0 aliphatic heterocycles. The Kier molecular flexibility index (Phi) is 2.56. The second-order valence-corrected chi connectivity index (χ2v) is 7.17. The average Bonchev–Trinajstić information content (AvgIpc) is 2.21. The Morgan fingerprint density at radius 3 is 2.24 bits per heavy atom. The molecule has 6 heteroatoms. The number of rotatable bonds is 3. The summed E-state index contributed by atoms with van der Waals surface area (Å²) in [6.45, 7) is 0. The van der Waals surface area contributed by atoms with Crippen LogP contribution in [-0.2, 0) is 18.8 Å². The largest absolute Gasteiger partial charge is 0.399 e. The topological polar surface area (TPSA) is 72.8 Å². The summed E-state index contributed by atoms with van der Waals surface area (Å²) in [4.78, 5) is 0. The first-order valence-electron chi connectivity index (χ1n) is 6.12. The van der Waals surface area contributed by atoms with E-state index in [2.05, 4.69) is 4.18 Å². The molecule has 4 saturated carbocycles. The maximum Gasteiger partial charge on any atom is 0.399 e. The number of hydrogen-bond acceptors (Lipinski definition) is 5. The van der Waals surface area contributed by atoms with Crippen molar-refractivity contribution in [3.8, 4) is 0 Å². The summed E-state index contributed by atoms with van der Waals surface area (Å²) in [5, 5.41) is 10.3. The van der Waals surface area contributed by atoms with E-state index in [1.165, 1.54) is 0 Å². The van der Waals surface area contributed by atoms with Gasteiger partial charge in [-0.25, -0.2) is 4.18 Å². The lowest BCUT2D eigenvalue weighted by molar-refractivity contribution is -0.169. The predicted octanol–water partition coefficient (Wildman–Crippen LogP) is 0.834. The van der Waals surface area contributed by atoms with Crippen LogP contribution in [0.25, 0.3) is 0 Å². The van der Waals surface area contributed by atoms with E-state index in [0.29, 0.717) is 18.8 Å². The van der Waals surface area contributed by atoms with E-state index in [1.807, 2.05) is 0 Å². The molecule has 0 radical (unpaired) electrons. The fraction of sp³-hybridized carbons (Fsp3) is 1.00. The monoisotopic (exact) mass is 262 g/mol. The van der Waals surface area contributed by atoms with Gasteiger partial charge in [0.2, 0.25) is 0 Å². The lowest BCUT2D eigenvalue weighted by Gasteiger charge is -2.57. The second kappa shape index (κ2) is 3.66. The van der Waals surface area contributed by atoms with Crippen molar-refractivity contribution in [1.82, 2.24) is 0 Å². The molecule has 4 rings (SSSR count). The molecule has 0 saturated heterocycles. The zero-order valence-electron chi connectivity index (χ0n) is 9.83. The van der Waals surface area contributed by atoms with Crippen LogP contribution in [0.4, 0.5) is 0 Å². The van der Waals surface area contributed by atoms with E-state index in [0.717, 1.165) is 26.4 Å². The molecular formula is C11H18O5S. The predicted molar refractivity (Wildman–Crippen MR) is 59.3 cm³/mol. The molecule has 4 aliphatic rings. The molecule has 0 aromatic heterocycles. The van der Waals surface area contributed by atoms with Gasteiger partial charge in [-0.1, -0.05) is 0 Å². The van der Waals surface area contributed by atoms with Crippen LogP contribution >= 0.6 is 0 Å². The van der Waals surface area contributed by atoms with Crippen molar-refractivity contribution in [3.63, 3.8) is 0 Å². The third kappa shape index (κ3) is 2.01. The highest BCUT2D eigenvalue weighted by atomic mass is 32.3. The Morgan fingerprint density at radius 2 is 1.76 bits per heavy atom. The number of hydrogen-bond donors (Lipinski definition) is 1. The Labute approximate surface area is 101 Å². The van der Waals surface area contributed by atoms with Crippen molar-refractivity contribution >= 4 is 10.4 Å². The maximum absolute atomic E-state index is 11.4. The van der Waals surface area contributed by atoms with Crippen molar-refractivity contribution < 1.29 is 21.9 Å². The Bertz CT molecular complexity index is 402. The van der Waals surface area contributed by atoms with Gasteiger partial charge in [-0.05, 0) is 49.9 Å². The zero-order chi connectivity index (χ0) is 12.3. The summed E-state index contributed by atoms with van der Waals surface area (Å²) < 4.78 is 32.2. The van der Waals surface area contributed by atoms with Gasteiger partial charge in [-0.2, -0.15) is 8.42 Å². The third-order valence-corrected chi connectivity index (χ3v) is 5.45. The van der Waals surface area contributed by atoms with Gasteiger partial charge in [0.1, 0.15) is 0 Å². The number of aliphatic hydroxyl groups is 1. The van der Waals surface area contributed by atoms with Crippen LogP contribution in [0.15, 0.2) is 0 Å². The highest BCUT2D eigenvalue weighted by Crippen LogP contribution is 2.56. The minimum Gasteiger partial charge on any atom is -0.390 e. The summed E-state index contributed by atoms with van der Waals surface area (Å²) >= 11 is 0. The fourth-order valence-electron chi connectivity index (χ4n) is 4.27. The van der Waals surface area contributed by atoms with Gasteiger partial charge in [-0.15, -0.1) is 0 Å². The minimum atomic E-state index is -3.87. The molecule has 0 aromatic rings. The molecular weight excluding hydrogens is 244 g/mol. The highest BCUT2D eigenvalue weighted by Gasteiger charge is 2.56. The Morgan fingerprint density at radius 1 is 1.18 bits per heavy atom. The van der Waals surface area contributed by atoms with Crippen LogP contribution in [0.1, 0.15) is 32.1 Å². The molecule has 0 aromatic carbocycles. The molecule has 4 aliphatic carbocycles. The summed E-state index contributed by atoms with van der Waals surface area (Å²) in [6, 6.07) is 0. The molecule has 4 bridgehead atoms. The molecule has 5 nitrogen and oxygen atoms in total. The third-order valence-electron chi connectivity index (χ3n) is 4.59. The Balaban J connectivity index is 1.81. The molecule has 0 amide bonds. The van der Waals surface area contributed by atoms with Crippen molar-refractivity contribution in [3.05, 3.63) is 0 Å². The van der Waals surface area contributed by atoms with Crippen molar-refractivity contribution in [2.45, 2.75) is 43.8 Å². The van der Waals surface area contributed by atoms with E-state index in [9.17, 15) is 13.5 Å². The van der Waals surface area contributed by atoms with Crippen LogP contribution in [0, 0.1) is 17.8 Å². The van der Waals surface area contributed by atoms with Gasteiger partial charge >= 0.3 is 10.4 Å². The van der Waals surface area contributed by atoms with Crippen LogP contribution < -0.4 is 0 Å². The zero-order valence-corrected chi connectivity index (χ0v) is 10.6. The lowest BCUT2D eigenvalue weighted by atomic mass is 9.53. The van der Waals surface area contributed by atoms with Gasteiger partial charge in [0.25, 0.3) is 0 Å². The molecule has 0 heterocycles. The quantitative estimate of drug-likeness (QED) is 0.815. The average molecular weight is 262 g/mol. The van der Waals surface area contributed by atoms with E-state index in [1.54, 1.807) is 0 Å². The Hall–Kier alpha value is -0.170. The van der Waals surface area contributed by atoms with E-state index in [-0.39, 0.29) is 17.9 Å². The van der Waals surface area contributed by atoms with Crippen LogP contribution in [-0.4, -0.2) is 32.3 Å². The molecule has 1 N–H and O–H groups in total. The van der Waals surface area contributed by atoms with Crippen LogP contribution in [0.5, 0.6) is 0 Å². The van der Waals surface area contributed by atoms with Gasteiger partial charge in [0.15, 0.2) is 0 Å². The van der Waals surface area contributed by atoms with Crippen LogP contribution in [0.3, 0.4) is 0 Å². The summed E-state index contributed by atoms with van der Waals surface area (Å²) in [7, 11) is -2.76. The summed E-state index contributed by atoms with van der Waals surface area (Å²) in [5.74, 6) is 0.870. The molecule has 17 heavy (non-hydrogen) atoms. The second-order valence-electron chi connectivity index (χ2n) is 5.83. The van der Waals surface area contributed by atoms with Crippen molar-refractivity contribution in [2.24, 2.45) is 17.8 Å². The van der Waals surface area contributed by atoms with Crippen molar-refractivity contribution in [2.75, 3.05) is 7.11 Å². The molecule has 98 valence electrons. The lowest BCUT2D eigenvalue weighted by Crippen LogP contribution is -2.57. The first-order chi connectivity index (χ1) is 7.91. The smallest absolute Gasteiger partial charge is 0.390 e. The summed E-state index contributed by atoms with van der Waals surface area (Å²) in [5.41, 5.74) is -0.562. The standard InChI is InChI=1S/C11H18O5S/c1-15-17(13,14)16-10-8-2-7-3-9(10)6-11(12,4-7)5-8/h7-10,12H,2-6H2,1H3/t7?,8-,9+,10?,11?. The van der Waals surface area contributed by atoms with E-state index >= 15 is 0 Å². The molecule has 4 fully saturated rings. The van der Waals surface area contributed by atoms with E-state index < -0.39 is 16.0 Å². The van der Waals surface area contributed by atoms with Gasteiger partial charge in [0.05, 0.1) is 18.8 Å². The first kappa shape index (κ1) is 11.9. The van der Waals surface area contributed by atoms with Crippen LogP contribution in [0.2, 0.25) is 0 Å². The fourth-order valence-corrected chi connectivity index (χ4v) is 4.93. The van der Waals surface area contributed by atoms with Gasteiger partial charge in [0, 0.05) is 0 Å². The SMILES string of the molecule is COS(=O)(=O)OC1[C@@H]2CC3C[C@H]1CC(O)(C3)C2. The van der Waals surface area contributed by atoms with Gasteiger partial charge < -0.3 is 5.11 Å². The molecule has 0 spiro atoms. The van der Waals surface area contributed by atoms with E-state index in [4.69, 9.17) is 4.18 Å².